The molecule has 0 radical (unpaired) electrons. The highest BCUT2D eigenvalue weighted by Gasteiger charge is 2.22. The van der Waals surface area contributed by atoms with Crippen molar-refractivity contribution in [1.29, 1.82) is 0 Å². The van der Waals surface area contributed by atoms with Gasteiger partial charge in [0.2, 0.25) is 11.7 Å². The molecule has 2 aromatic rings. The fourth-order valence-corrected chi connectivity index (χ4v) is 2.90. The molecule has 2 heterocycles. The standard InChI is InChI=1S/C18H24N4O3/c1-3-17-20-16(21-25-17)12-24-15-6-4-13(5-7-15)18(23)22(2)14-8-10-19-11-9-14/h4-7,14,19H,3,8-12H2,1-2H3. The molecule has 0 spiro atoms. The van der Waals surface area contributed by atoms with E-state index in [0.29, 0.717) is 35.5 Å². The average molecular weight is 344 g/mol. The summed E-state index contributed by atoms with van der Waals surface area (Å²) in [7, 11) is 1.88. The number of aromatic nitrogens is 2. The van der Waals surface area contributed by atoms with Gasteiger partial charge in [-0.1, -0.05) is 12.1 Å². The van der Waals surface area contributed by atoms with E-state index in [9.17, 15) is 4.79 Å². The van der Waals surface area contributed by atoms with Crippen LogP contribution in [0.4, 0.5) is 0 Å². The van der Waals surface area contributed by atoms with Gasteiger partial charge in [-0.25, -0.2) is 0 Å². The molecule has 0 unspecified atom stereocenters. The predicted molar refractivity (Wildman–Crippen MR) is 92.4 cm³/mol. The van der Waals surface area contributed by atoms with E-state index in [2.05, 4.69) is 15.5 Å². The number of ether oxygens (including phenoxy) is 1. The number of hydrogen-bond donors (Lipinski definition) is 1. The normalized spacial score (nSPS) is 15.1. The minimum atomic E-state index is 0.0456. The lowest BCUT2D eigenvalue weighted by atomic mass is 10.0. The van der Waals surface area contributed by atoms with E-state index < -0.39 is 0 Å². The summed E-state index contributed by atoms with van der Waals surface area (Å²) in [6.07, 6.45) is 2.69. The van der Waals surface area contributed by atoms with Gasteiger partial charge < -0.3 is 19.5 Å². The summed E-state index contributed by atoms with van der Waals surface area (Å²) in [5, 5.41) is 7.16. The molecule has 1 saturated heterocycles. The number of piperidine rings is 1. The highest BCUT2D eigenvalue weighted by molar-refractivity contribution is 5.94. The van der Waals surface area contributed by atoms with E-state index in [1.165, 1.54) is 0 Å². The van der Waals surface area contributed by atoms with E-state index in [1.54, 1.807) is 24.3 Å². The van der Waals surface area contributed by atoms with Gasteiger partial charge in [-0.2, -0.15) is 4.98 Å². The number of carbonyl (C=O) groups is 1. The van der Waals surface area contributed by atoms with Gasteiger partial charge in [0, 0.05) is 25.1 Å². The van der Waals surface area contributed by atoms with Gasteiger partial charge in [0.05, 0.1) is 0 Å². The molecule has 7 nitrogen and oxygen atoms in total. The van der Waals surface area contributed by atoms with Gasteiger partial charge >= 0.3 is 0 Å². The van der Waals surface area contributed by atoms with Gasteiger partial charge in [-0.15, -0.1) is 0 Å². The van der Waals surface area contributed by atoms with Gasteiger partial charge in [-0.05, 0) is 50.2 Å². The molecule has 7 heteroatoms. The second-order valence-electron chi connectivity index (χ2n) is 6.17. The Hall–Kier alpha value is -2.41. The van der Waals surface area contributed by atoms with Crippen LogP contribution in [0.3, 0.4) is 0 Å². The first-order valence-corrected chi connectivity index (χ1v) is 8.69. The molecule has 0 aliphatic carbocycles. The van der Waals surface area contributed by atoms with E-state index in [-0.39, 0.29) is 12.5 Å². The van der Waals surface area contributed by atoms with Gasteiger partial charge in [0.15, 0.2) is 6.61 Å². The van der Waals surface area contributed by atoms with Crippen LogP contribution < -0.4 is 10.1 Å². The molecule has 0 atom stereocenters. The highest BCUT2D eigenvalue weighted by atomic mass is 16.5. The second kappa shape index (κ2) is 8.11. The molecule has 1 aromatic carbocycles. The molecule has 1 aliphatic heterocycles. The first-order valence-electron chi connectivity index (χ1n) is 8.69. The van der Waals surface area contributed by atoms with E-state index >= 15 is 0 Å². The lowest BCUT2D eigenvalue weighted by molar-refractivity contribution is 0.0703. The number of aryl methyl sites for hydroxylation is 1. The number of carbonyl (C=O) groups excluding carboxylic acids is 1. The molecular weight excluding hydrogens is 320 g/mol. The Balaban J connectivity index is 1.56. The minimum Gasteiger partial charge on any atom is -0.485 e. The van der Waals surface area contributed by atoms with Crippen LogP contribution >= 0.6 is 0 Å². The van der Waals surface area contributed by atoms with Crippen LogP contribution in [0.15, 0.2) is 28.8 Å². The lowest BCUT2D eigenvalue weighted by Gasteiger charge is -2.31. The number of nitrogens with one attached hydrogen (secondary N) is 1. The Labute approximate surface area is 147 Å². The maximum atomic E-state index is 12.6. The fourth-order valence-electron chi connectivity index (χ4n) is 2.90. The first-order chi connectivity index (χ1) is 12.2. The Kier molecular flexibility index (Phi) is 5.65. The van der Waals surface area contributed by atoms with Crippen molar-refractivity contribution in [3.8, 4) is 5.75 Å². The fraction of sp³-hybridized carbons (Fsp3) is 0.500. The van der Waals surface area contributed by atoms with Crippen LogP contribution in [-0.2, 0) is 13.0 Å². The van der Waals surface area contributed by atoms with Crippen LogP contribution in [0, 0.1) is 0 Å². The van der Waals surface area contributed by atoms with Crippen LogP contribution in [0.2, 0.25) is 0 Å². The molecule has 1 N–H and O–H groups in total. The van der Waals surface area contributed by atoms with Crippen LogP contribution in [0.25, 0.3) is 0 Å². The third-order valence-corrected chi connectivity index (χ3v) is 4.46. The maximum absolute atomic E-state index is 12.6. The third-order valence-electron chi connectivity index (χ3n) is 4.46. The maximum Gasteiger partial charge on any atom is 0.253 e. The zero-order chi connectivity index (χ0) is 17.6. The zero-order valence-corrected chi connectivity index (χ0v) is 14.7. The highest BCUT2D eigenvalue weighted by Crippen LogP contribution is 2.17. The van der Waals surface area contributed by atoms with Gasteiger partial charge in [-0.3, -0.25) is 4.79 Å². The number of benzene rings is 1. The molecule has 1 amide bonds. The number of amides is 1. The summed E-state index contributed by atoms with van der Waals surface area (Å²) in [5.74, 6) is 1.83. The molecule has 3 rings (SSSR count). The number of hydrogen-bond acceptors (Lipinski definition) is 6. The Morgan fingerprint density at radius 1 is 1.32 bits per heavy atom. The van der Waals surface area contributed by atoms with Crippen LogP contribution in [-0.4, -0.2) is 47.1 Å². The van der Waals surface area contributed by atoms with E-state index in [1.807, 2.05) is 18.9 Å². The number of nitrogens with zero attached hydrogens (tertiary/aromatic N) is 3. The minimum absolute atomic E-state index is 0.0456. The van der Waals surface area contributed by atoms with Crippen molar-refractivity contribution >= 4 is 5.91 Å². The van der Waals surface area contributed by atoms with Crippen molar-refractivity contribution in [3.63, 3.8) is 0 Å². The summed E-state index contributed by atoms with van der Waals surface area (Å²) in [6.45, 7) is 4.12. The predicted octanol–water partition coefficient (Wildman–Crippen LogP) is 2.04. The molecule has 1 fully saturated rings. The third kappa shape index (κ3) is 4.36. The molecule has 1 aliphatic rings. The molecule has 134 valence electrons. The number of rotatable bonds is 6. The van der Waals surface area contributed by atoms with Gasteiger partial charge in [0.25, 0.3) is 5.91 Å². The van der Waals surface area contributed by atoms with E-state index in [4.69, 9.17) is 9.26 Å². The van der Waals surface area contributed by atoms with Crippen molar-refractivity contribution in [2.24, 2.45) is 0 Å². The molecular formula is C18H24N4O3. The monoisotopic (exact) mass is 344 g/mol. The van der Waals surface area contributed by atoms with Crippen molar-refractivity contribution < 1.29 is 14.1 Å². The zero-order valence-electron chi connectivity index (χ0n) is 14.7. The average Bonchev–Trinajstić information content (AvgIpc) is 3.14. The van der Waals surface area contributed by atoms with Crippen molar-refractivity contribution in [1.82, 2.24) is 20.4 Å². The molecule has 25 heavy (non-hydrogen) atoms. The van der Waals surface area contributed by atoms with Gasteiger partial charge in [0.1, 0.15) is 5.75 Å². The summed E-state index contributed by atoms with van der Waals surface area (Å²) in [6, 6.07) is 7.48. The SMILES string of the molecule is CCc1nc(COc2ccc(C(=O)N(C)C3CCNCC3)cc2)no1. The molecule has 1 aromatic heterocycles. The Morgan fingerprint density at radius 2 is 2.04 bits per heavy atom. The van der Waals surface area contributed by atoms with Crippen molar-refractivity contribution in [2.45, 2.75) is 38.8 Å². The molecule has 0 saturated carbocycles. The Bertz CT molecular complexity index is 693. The van der Waals surface area contributed by atoms with Crippen LogP contribution in [0.1, 0.15) is 41.8 Å². The largest absolute Gasteiger partial charge is 0.485 e. The summed E-state index contributed by atoms with van der Waals surface area (Å²) in [5.41, 5.74) is 0.668. The lowest BCUT2D eigenvalue weighted by Crippen LogP contribution is -2.43. The first kappa shape index (κ1) is 17.4. The summed E-state index contributed by atoms with van der Waals surface area (Å²) in [4.78, 5) is 18.6. The second-order valence-corrected chi connectivity index (χ2v) is 6.17. The smallest absolute Gasteiger partial charge is 0.253 e. The topological polar surface area (TPSA) is 80.5 Å². The quantitative estimate of drug-likeness (QED) is 0.864. The van der Waals surface area contributed by atoms with Crippen LogP contribution in [0.5, 0.6) is 5.75 Å². The summed E-state index contributed by atoms with van der Waals surface area (Å²) >= 11 is 0. The Morgan fingerprint density at radius 3 is 2.68 bits per heavy atom. The molecule has 0 bridgehead atoms. The van der Waals surface area contributed by atoms with E-state index in [0.717, 1.165) is 25.9 Å². The van der Waals surface area contributed by atoms with Crippen molar-refractivity contribution in [3.05, 3.63) is 41.5 Å². The summed E-state index contributed by atoms with van der Waals surface area (Å²) < 4.78 is 10.7. The van der Waals surface area contributed by atoms with Crippen molar-refractivity contribution in [2.75, 3.05) is 20.1 Å².